The maximum absolute atomic E-state index is 12.1. The van der Waals surface area contributed by atoms with Gasteiger partial charge in [0.1, 0.15) is 5.75 Å². The highest BCUT2D eigenvalue weighted by atomic mass is 35.5. The Bertz CT molecular complexity index is 487. The molecule has 1 aliphatic rings. The second-order valence-corrected chi connectivity index (χ2v) is 6.46. The first-order valence-corrected chi connectivity index (χ1v) is 7.77. The third-order valence-corrected chi connectivity index (χ3v) is 4.09. The second kappa shape index (κ2) is 7.14. The molecule has 1 aromatic rings. The number of hydrogen-bond donors (Lipinski definition) is 2. The number of piperidine rings is 1. The van der Waals surface area contributed by atoms with Crippen molar-refractivity contribution < 1.29 is 9.53 Å². The van der Waals surface area contributed by atoms with Crippen molar-refractivity contribution in [3.05, 3.63) is 29.3 Å². The van der Waals surface area contributed by atoms with Crippen molar-refractivity contribution in [2.75, 3.05) is 19.6 Å². The molecule has 4 nitrogen and oxygen atoms in total. The van der Waals surface area contributed by atoms with Crippen LogP contribution in [0.25, 0.3) is 0 Å². The maximum atomic E-state index is 12.1. The van der Waals surface area contributed by atoms with Crippen molar-refractivity contribution in [1.82, 2.24) is 10.6 Å². The van der Waals surface area contributed by atoms with Crippen molar-refractivity contribution in [3.8, 4) is 5.75 Å². The standard InChI is InChI=1S/C16H23ClN2O2/c1-12(21-14-6-3-5-13(17)9-14)15(20)19-11-16(2)7-4-8-18-10-16/h3,5-6,9,12,18H,4,7-8,10-11H2,1-2H3,(H,19,20). The summed E-state index contributed by atoms with van der Waals surface area (Å²) in [6, 6.07) is 7.08. The molecule has 0 spiro atoms. The molecule has 2 N–H and O–H groups in total. The molecule has 0 saturated carbocycles. The van der Waals surface area contributed by atoms with E-state index in [9.17, 15) is 4.79 Å². The van der Waals surface area contributed by atoms with Gasteiger partial charge in [-0.3, -0.25) is 4.79 Å². The van der Waals surface area contributed by atoms with Gasteiger partial charge in [0, 0.05) is 18.1 Å². The summed E-state index contributed by atoms with van der Waals surface area (Å²) >= 11 is 5.90. The van der Waals surface area contributed by atoms with Crippen LogP contribution in [0.1, 0.15) is 26.7 Å². The van der Waals surface area contributed by atoms with Crippen LogP contribution in [-0.2, 0) is 4.79 Å². The monoisotopic (exact) mass is 310 g/mol. The molecule has 21 heavy (non-hydrogen) atoms. The highest BCUT2D eigenvalue weighted by Gasteiger charge is 2.28. The Hall–Kier alpha value is -1.26. The summed E-state index contributed by atoms with van der Waals surface area (Å²) in [5.41, 5.74) is 0.129. The minimum Gasteiger partial charge on any atom is -0.481 e. The minimum absolute atomic E-state index is 0.0956. The normalized spacial score (nSPS) is 23.4. The Balaban J connectivity index is 1.82. The number of rotatable bonds is 5. The van der Waals surface area contributed by atoms with Crippen LogP contribution in [0.4, 0.5) is 0 Å². The first-order chi connectivity index (χ1) is 9.98. The Kier molecular flexibility index (Phi) is 5.48. The minimum atomic E-state index is -0.538. The van der Waals surface area contributed by atoms with Crippen molar-refractivity contribution in [1.29, 1.82) is 0 Å². The quantitative estimate of drug-likeness (QED) is 0.879. The average Bonchev–Trinajstić information content (AvgIpc) is 2.45. The molecule has 2 rings (SSSR count). The Morgan fingerprint density at radius 3 is 3.05 bits per heavy atom. The molecule has 1 amide bonds. The zero-order chi connectivity index (χ0) is 15.3. The van der Waals surface area contributed by atoms with Crippen molar-refractivity contribution in [3.63, 3.8) is 0 Å². The fourth-order valence-corrected chi connectivity index (χ4v) is 2.69. The summed E-state index contributed by atoms with van der Waals surface area (Å²) < 4.78 is 5.62. The molecule has 2 unspecified atom stereocenters. The molecule has 1 saturated heterocycles. The van der Waals surface area contributed by atoms with Crippen LogP contribution in [0.2, 0.25) is 5.02 Å². The van der Waals surface area contributed by atoms with Gasteiger partial charge >= 0.3 is 0 Å². The molecule has 1 heterocycles. The Morgan fingerprint density at radius 1 is 1.57 bits per heavy atom. The molecule has 1 aliphatic heterocycles. The lowest BCUT2D eigenvalue weighted by Gasteiger charge is -2.34. The van der Waals surface area contributed by atoms with Crippen LogP contribution in [0.15, 0.2) is 24.3 Å². The van der Waals surface area contributed by atoms with Crippen LogP contribution in [0.5, 0.6) is 5.75 Å². The third-order valence-electron chi connectivity index (χ3n) is 3.85. The van der Waals surface area contributed by atoms with E-state index >= 15 is 0 Å². The van der Waals surface area contributed by atoms with E-state index in [-0.39, 0.29) is 11.3 Å². The van der Waals surface area contributed by atoms with Gasteiger partial charge in [-0.25, -0.2) is 0 Å². The summed E-state index contributed by atoms with van der Waals surface area (Å²) in [5, 5.41) is 6.97. The fourth-order valence-electron chi connectivity index (χ4n) is 2.51. The lowest BCUT2D eigenvalue weighted by atomic mass is 9.83. The molecule has 1 fully saturated rings. The number of carbonyl (C=O) groups excluding carboxylic acids is 1. The predicted octanol–water partition coefficient (Wildman–Crippen LogP) is 2.61. The number of carbonyl (C=O) groups is 1. The number of ether oxygens (including phenoxy) is 1. The number of amides is 1. The number of hydrogen-bond acceptors (Lipinski definition) is 3. The van der Waals surface area contributed by atoms with E-state index in [0.717, 1.165) is 25.9 Å². The van der Waals surface area contributed by atoms with E-state index < -0.39 is 6.10 Å². The van der Waals surface area contributed by atoms with Gasteiger partial charge in [0.2, 0.25) is 0 Å². The Morgan fingerprint density at radius 2 is 2.38 bits per heavy atom. The molecule has 1 aromatic carbocycles. The maximum Gasteiger partial charge on any atom is 0.260 e. The third kappa shape index (κ3) is 4.90. The van der Waals surface area contributed by atoms with E-state index in [1.165, 1.54) is 0 Å². The largest absolute Gasteiger partial charge is 0.481 e. The van der Waals surface area contributed by atoms with E-state index in [4.69, 9.17) is 16.3 Å². The zero-order valence-electron chi connectivity index (χ0n) is 12.6. The van der Waals surface area contributed by atoms with Crippen molar-refractivity contribution in [2.45, 2.75) is 32.8 Å². The SMILES string of the molecule is CC(Oc1cccc(Cl)c1)C(=O)NCC1(C)CCCNC1. The molecule has 2 atom stereocenters. The molecule has 0 aromatic heterocycles. The predicted molar refractivity (Wildman–Crippen MR) is 84.8 cm³/mol. The van der Waals surface area contributed by atoms with Crippen LogP contribution in [0, 0.1) is 5.41 Å². The molecule has 116 valence electrons. The number of nitrogens with one attached hydrogen (secondary N) is 2. The van der Waals surface area contributed by atoms with Crippen molar-refractivity contribution >= 4 is 17.5 Å². The van der Waals surface area contributed by atoms with E-state index in [1.54, 1.807) is 31.2 Å². The Labute approximate surface area is 131 Å². The van der Waals surface area contributed by atoms with Crippen LogP contribution in [-0.4, -0.2) is 31.6 Å². The van der Waals surface area contributed by atoms with E-state index in [0.29, 0.717) is 17.3 Å². The summed E-state index contributed by atoms with van der Waals surface area (Å²) in [4.78, 5) is 12.1. The van der Waals surface area contributed by atoms with Crippen LogP contribution >= 0.6 is 11.6 Å². The van der Waals surface area contributed by atoms with Gasteiger partial charge in [-0.1, -0.05) is 24.6 Å². The topological polar surface area (TPSA) is 50.4 Å². The lowest BCUT2D eigenvalue weighted by molar-refractivity contribution is -0.127. The number of halogens is 1. The molecule has 5 heteroatoms. The lowest BCUT2D eigenvalue weighted by Crippen LogP contribution is -2.48. The van der Waals surface area contributed by atoms with Crippen LogP contribution in [0.3, 0.4) is 0 Å². The zero-order valence-corrected chi connectivity index (χ0v) is 13.4. The second-order valence-electron chi connectivity index (χ2n) is 6.03. The first-order valence-electron chi connectivity index (χ1n) is 7.39. The van der Waals surface area contributed by atoms with E-state index in [2.05, 4.69) is 17.6 Å². The number of benzene rings is 1. The molecule has 0 radical (unpaired) electrons. The fraction of sp³-hybridized carbons (Fsp3) is 0.562. The average molecular weight is 311 g/mol. The first kappa shape index (κ1) is 16.1. The highest BCUT2D eigenvalue weighted by Crippen LogP contribution is 2.24. The van der Waals surface area contributed by atoms with Gasteiger partial charge < -0.3 is 15.4 Å². The van der Waals surface area contributed by atoms with Crippen LogP contribution < -0.4 is 15.4 Å². The molecule has 0 bridgehead atoms. The molecular weight excluding hydrogens is 288 g/mol. The smallest absolute Gasteiger partial charge is 0.260 e. The van der Waals surface area contributed by atoms with Gasteiger partial charge in [0.15, 0.2) is 6.10 Å². The van der Waals surface area contributed by atoms with Gasteiger partial charge in [-0.05, 0) is 49.9 Å². The van der Waals surface area contributed by atoms with Crippen molar-refractivity contribution in [2.24, 2.45) is 5.41 Å². The van der Waals surface area contributed by atoms with Gasteiger partial charge in [-0.2, -0.15) is 0 Å². The summed E-state index contributed by atoms with van der Waals surface area (Å²) in [5.74, 6) is 0.512. The van der Waals surface area contributed by atoms with Gasteiger partial charge in [0.05, 0.1) is 0 Å². The summed E-state index contributed by atoms with van der Waals surface area (Å²) in [6.45, 7) is 6.62. The van der Waals surface area contributed by atoms with Gasteiger partial charge in [-0.15, -0.1) is 0 Å². The van der Waals surface area contributed by atoms with Gasteiger partial charge in [0.25, 0.3) is 5.91 Å². The molecular formula is C16H23ClN2O2. The molecule has 0 aliphatic carbocycles. The summed E-state index contributed by atoms with van der Waals surface area (Å²) in [6.07, 6.45) is 1.74. The highest BCUT2D eigenvalue weighted by molar-refractivity contribution is 6.30. The van der Waals surface area contributed by atoms with E-state index in [1.807, 2.05) is 0 Å². The summed E-state index contributed by atoms with van der Waals surface area (Å²) in [7, 11) is 0.